The summed E-state index contributed by atoms with van der Waals surface area (Å²) in [4.78, 5) is 23.4. The number of sulfonamides is 1. The lowest BCUT2D eigenvalue weighted by Crippen LogP contribution is -2.29. The van der Waals surface area contributed by atoms with Gasteiger partial charge in [-0.15, -0.1) is 0 Å². The highest BCUT2D eigenvalue weighted by Gasteiger charge is 2.14. The Morgan fingerprint density at radius 2 is 1.84 bits per heavy atom. The Balaban J connectivity index is 2.53. The molecule has 1 rings (SSSR count). The highest BCUT2D eigenvalue weighted by molar-refractivity contribution is 7.89. The minimum atomic E-state index is -3.65. The Labute approximate surface area is 148 Å². The predicted molar refractivity (Wildman–Crippen MR) is 96.5 cm³/mol. The summed E-state index contributed by atoms with van der Waals surface area (Å²) in [5.41, 5.74) is 5.68. The molecule has 9 heteroatoms. The molecule has 2 amide bonds. The first kappa shape index (κ1) is 21.1. The number of hydrogen-bond acceptors (Lipinski definition) is 5. The monoisotopic (exact) mass is 370 g/mol. The van der Waals surface area contributed by atoms with E-state index < -0.39 is 10.0 Å². The molecule has 0 bridgehead atoms. The zero-order valence-corrected chi connectivity index (χ0v) is 15.2. The number of carbonyl (C=O) groups excluding carboxylic acids is 2. The number of rotatable bonds is 11. The minimum Gasteiger partial charge on any atom is -0.356 e. The molecule has 0 saturated heterocycles. The Morgan fingerprint density at radius 1 is 1.12 bits per heavy atom. The minimum absolute atomic E-state index is 0.0534. The third kappa shape index (κ3) is 8.10. The Hall–Kier alpha value is -1.97. The van der Waals surface area contributed by atoms with Crippen molar-refractivity contribution in [3.8, 4) is 0 Å². The topological polar surface area (TPSA) is 130 Å². The van der Waals surface area contributed by atoms with Gasteiger partial charge in [-0.2, -0.15) is 0 Å². The maximum Gasteiger partial charge on any atom is 0.240 e. The van der Waals surface area contributed by atoms with Crippen molar-refractivity contribution in [3.63, 3.8) is 0 Å². The summed E-state index contributed by atoms with van der Waals surface area (Å²) < 4.78 is 26.4. The van der Waals surface area contributed by atoms with Crippen LogP contribution in [-0.4, -0.2) is 39.9 Å². The van der Waals surface area contributed by atoms with Crippen molar-refractivity contribution < 1.29 is 18.0 Å². The van der Waals surface area contributed by atoms with E-state index in [1.165, 1.54) is 12.1 Å². The summed E-state index contributed by atoms with van der Waals surface area (Å²) in [6.45, 7) is 2.93. The van der Waals surface area contributed by atoms with Crippen molar-refractivity contribution >= 4 is 27.5 Å². The molecule has 0 aromatic heterocycles. The van der Waals surface area contributed by atoms with Crippen LogP contribution in [0.4, 0.5) is 5.69 Å². The van der Waals surface area contributed by atoms with Gasteiger partial charge < -0.3 is 16.4 Å². The lowest BCUT2D eigenvalue weighted by atomic mass is 10.2. The quantitative estimate of drug-likeness (QED) is 0.452. The molecule has 5 N–H and O–H groups in total. The number of amides is 2. The van der Waals surface area contributed by atoms with Gasteiger partial charge in [0.05, 0.1) is 4.90 Å². The fraction of sp³-hybridized carbons (Fsp3) is 0.500. The van der Waals surface area contributed by atoms with Crippen LogP contribution in [0.1, 0.15) is 32.6 Å². The molecule has 0 spiro atoms. The van der Waals surface area contributed by atoms with Crippen LogP contribution in [0, 0.1) is 0 Å². The maximum atomic E-state index is 12.0. The lowest BCUT2D eigenvalue weighted by Gasteiger charge is -2.09. The number of nitrogens with two attached hydrogens (primary N) is 1. The van der Waals surface area contributed by atoms with Crippen molar-refractivity contribution in [2.24, 2.45) is 5.73 Å². The first-order valence-electron chi connectivity index (χ1n) is 8.25. The highest BCUT2D eigenvalue weighted by Crippen LogP contribution is 2.15. The molecular formula is C16H26N4O4S. The van der Waals surface area contributed by atoms with Gasteiger partial charge in [-0.3, -0.25) is 9.59 Å². The molecule has 0 aliphatic rings. The normalized spacial score (nSPS) is 11.1. The van der Waals surface area contributed by atoms with Gasteiger partial charge in [0.25, 0.3) is 0 Å². The summed E-state index contributed by atoms with van der Waals surface area (Å²) in [5, 5.41) is 5.38. The number of nitrogens with one attached hydrogen (secondary N) is 3. The molecule has 1 aromatic rings. The molecule has 0 heterocycles. The molecule has 0 aliphatic heterocycles. The van der Waals surface area contributed by atoms with E-state index in [0.29, 0.717) is 18.7 Å². The smallest absolute Gasteiger partial charge is 0.240 e. The van der Waals surface area contributed by atoms with E-state index >= 15 is 0 Å². The summed E-state index contributed by atoms with van der Waals surface area (Å²) in [6.07, 6.45) is 1.76. The SMILES string of the molecule is CCCNC(=O)CCCC(=O)Nc1cccc(S(=O)(=O)NCCN)c1. The second-order valence-electron chi connectivity index (χ2n) is 5.47. The highest BCUT2D eigenvalue weighted by atomic mass is 32.2. The van der Waals surface area contributed by atoms with Gasteiger partial charge in [-0.25, -0.2) is 13.1 Å². The number of anilines is 1. The average Bonchev–Trinajstić information content (AvgIpc) is 2.58. The van der Waals surface area contributed by atoms with E-state index in [2.05, 4.69) is 15.4 Å². The van der Waals surface area contributed by atoms with Crippen LogP contribution in [0.15, 0.2) is 29.2 Å². The van der Waals surface area contributed by atoms with Gasteiger partial charge in [0, 0.05) is 38.2 Å². The van der Waals surface area contributed by atoms with Crippen molar-refractivity contribution in [3.05, 3.63) is 24.3 Å². The number of carbonyl (C=O) groups is 2. The van der Waals surface area contributed by atoms with E-state index in [1.54, 1.807) is 12.1 Å². The molecule has 140 valence electrons. The van der Waals surface area contributed by atoms with Crippen LogP contribution < -0.4 is 21.1 Å². The van der Waals surface area contributed by atoms with Gasteiger partial charge in [-0.05, 0) is 31.0 Å². The molecule has 8 nitrogen and oxygen atoms in total. The van der Waals surface area contributed by atoms with Gasteiger partial charge in [-0.1, -0.05) is 13.0 Å². The van der Waals surface area contributed by atoms with Crippen molar-refractivity contribution in [2.75, 3.05) is 25.0 Å². The van der Waals surface area contributed by atoms with E-state index in [0.717, 1.165) is 6.42 Å². The van der Waals surface area contributed by atoms with Gasteiger partial charge in [0.15, 0.2) is 0 Å². The molecule has 0 unspecified atom stereocenters. The molecule has 0 fully saturated rings. The van der Waals surface area contributed by atoms with Crippen LogP contribution in [0.3, 0.4) is 0 Å². The molecule has 25 heavy (non-hydrogen) atoms. The van der Waals surface area contributed by atoms with Gasteiger partial charge in [0.1, 0.15) is 0 Å². The van der Waals surface area contributed by atoms with Crippen molar-refractivity contribution in [1.29, 1.82) is 0 Å². The van der Waals surface area contributed by atoms with Crippen LogP contribution in [-0.2, 0) is 19.6 Å². The van der Waals surface area contributed by atoms with E-state index in [-0.39, 0.29) is 42.6 Å². The Morgan fingerprint density at radius 3 is 2.52 bits per heavy atom. The Kier molecular flexibility index (Phi) is 9.11. The third-order valence-corrected chi connectivity index (χ3v) is 4.70. The van der Waals surface area contributed by atoms with Crippen LogP contribution in [0.5, 0.6) is 0 Å². The first-order chi connectivity index (χ1) is 11.9. The molecule has 0 aliphatic carbocycles. The summed E-state index contributed by atoms with van der Waals surface area (Å²) in [6, 6.07) is 5.97. The van der Waals surface area contributed by atoms with Gasteiger partial charge in [0.2, 0.25) is 21.8 Å². The van der Waals surface area contributed by atoms with Crippen molar-refractivity contribution in [1.82, 2.24) is 10.0 Å². The molecule has 0 radical (unpaired) electrons. The standard InChI is InChI=1S/C16H26N4O4S/c1-2-10-18-15(21)7-4-8-16(22)20-13-5-3-6-14(12-13)25(23,24)19-11-9-17/h3,5-6,12,19H,2,4,7-11,17H2,1H3,(H,18,21)(H,20,22). The summed E-state index contributed by atoms with van der Waals surface area (Å²) in [7, 11) is -3.65. The van der Waals surface area contributed by atoms with Crippen LogP contribution in [0.25, 0.3) is 0 Å². The first-order valence-corrected chi connectivity index (χ1v) is 9.73. The summed E-state index contributed by atoms with van der Waals surface area (Å²) >= 11 is 0. The van der Waals surface area contributed by atoms with Crippen molar-refractivity contribution in [2.45, 2.75) is 37.5 Å². The van der Waals surface area contributed by atoms with E-state index in [9.17, 15) is 18.0 Å². The number of benzene rings is 1. The molecule has 0 atom stereocenters. The number of hydrogen-bond donors (Lipinski definition) is 4. The van der Waals surface area contributed by atoms with Crippen LogP contribution in [0.2, 0.25) is 0 Å². The average molecular weight is 370 g/mol. The second kappa shape index (κ2) is 10.8. The zero-order valence-electron chi connectivity index (χ0n) is 14.4. The predicted octanol–water partition coefficient (Wildman–Crippen LogP) is 0.559. The van der Waals surface area contributed by atoms with E-state index in [1.807, 2.05) is 6.92 Å². The summed E-state index contributed by atoms with van der Waals surface area (Å²) in [5.74, 6) is -0.346. The lowest BCUT2D eigenvalue weighted by molar-refractivity contribution is -0.121. The zero-order chi connectivity index (χ0) is 18.7. The fourth-order valence-electron chi connectivity index (χ4n) is 2.00. The Bertz CT molecular complexity index is 676. The molecular weight excluding hydrogens is 344 g/mol. The van der Waals surface area contributed by atoms with E-state index in [4.69, 9.17) is 5.73 Å². The molecule has 1 aromatic carbocycles. The van der Waals surface area contributed by atoms with Crippen LogP contribution >= 0.6 is 0 Å². The largest absolute Gasteiger partial charge is 0.356 e. The second-order valence-corrected chi connectivity index (χ2v) is 7.23. The fourth-order valence-corrected chi connectivity index (χ4v) is 3.10. The van der Waals surface area contributed by atoms with Gasteiger partial charge >= 0.3 is 0 Å². The maximum absolute atomic E-state index is 12.0. The molecule has 0 saturated carbocycles. The third-order valence-electron chi connectivity index (χ3n) is 3.24.